The van der Waals surface area contributed by atoms with Crippen LogP contribution in [-0.4, -0.2) is 44.9 Å². The molecule has 2 aliphatic carbocycles. The molecule has 0 aromatic heterocycles. The summed E-state index contributed by atoms with van der Waals surface area (Å²) >= 11 is 5.87. The average Bonchev–Trinajstić information content (AvgIpc) is 3.14. The van der Waals surface area contributed by atoms with Crippen molar-refractivity contribution in [3.8, 4) is 0 Å². The molecule has 0 amide bonds. The number of esters is 1. The molecule has 3 aliphatic rings. The van der Waals surface area contributed by atoms with Crippen LogP contribution in [0.15, 0.2) is 0 Å². The quantitative estimate of drug-likeness (QED) is 0.627. The molecule has 25 heavy (non-hydrogen) atoms. The van der Waals surface area contributed by atoms with E-state index in [0.29, 0.717) is 5.78 Å². The molecule has 2 saturated carbocycles. The summed E-state index contributed by atoms with van der Waals surface area (Å²) in [6.45, 7) is 5.71. The number of thioether (sulfide) groups is 3. The third-order valence-corrected chi connectivity index (χ3v) is 10.4. The Balaban J connectivity index is 1.83. The molecule has 1 heterocycles. The Kier molecular flexibility index (Phi) is 6.11. The molecule has 1 aliphatic heterocycles. The normalized spacial score (nSPS) is 35.3. The minimum atomic E-state index is -0.486. The highest BCUT2D eigenvalue weighted by atomic mass is 32.2. The molecule has 142 valence electrons. The fourth-order valence-corrected chi connectivity index (χ4v) is 8.45. The Morgan fingerprint density at radius 3 is 2.48 bits per heavy atom. The SMILES string of the molecule is CSC1CCC2(C[C@H]3[C@H](CC[C@H]3OC(=O)C(C)(C)C)C1=O)SCCS2. The zero-order valence-electron chi connectivity index (χ0n) is 15.7. The number of hydrogen-bond acceptors (Lipinski definition) is 6. The zero-order chi connectivity index (χ0) is 18.2. The van der Waals surface area contributed by atoms with Crippen LogP contribution in [0.1, 0.15) is 52.9 Å². The van der Waals surface area contributed by atoms with E-state index in [4.69, 9.17) is 4.74 Å². The monoisotopic (exact) mass is 402 g/mol. The number of carbonyl (C=O) groups excluding carboxylic acids is 2. The smallest absolute Gasteiger partial charge is 0.311 e. The summed E-state index contributed by atoms with van der Waals surface area (Å²) in [5.74, 6) is 2.96. The first-order chi connectivity index (χ1) is 11.8. The fourth-order valence-electron chi connectivity index (χ4n) is 4.31. The first kappa shape index (κ1) is 19.9. The minimum absolute atomic E-state index is 0.0780. The van der Waals surface area contributed by atoms with Gasteiger partial charge in [0.25, 0.3) is 0 Å². The van der Waals surface area contributed by atoms with Gasteiger partial charge >= 0.3 is 5.97 Å². The van der Waals surface area contributed by atoms with Crippen LogP contribution in [0.2, 0.25) is 0 Å². The Hall–Kier alpha value is 0.190. The van der Waals surface area contributed by atoms with Crippen LogP contribution in [0.3, 0.4) is 0 Å². The van der Waals surface area contributed by atoms with E-state index in [1.807, 2.05) is 20.8 Å². The lowest BCUT2D eigenvalue weighted by Gasteiger charge is -2.38. The Morgan fingerprint density at radius 1 is 1.20 bits per heavy atom. The number of fused-ring (bicyclic) bond motifs is 1. The maximum Gasteiger partial charge on any atom is 0.311 e. The maximum absolute atomic E-state index is 13.1. The van der Waals surface area contributed by atoms with Crippen molar-refractivity contribution in [2.45, 2.75) is 68.3 Å². The van der Waals surface area contributed by atoms with E-state index in [0.717, 1.165) is 32.1 Å². The first-order valence-corrected chi connectivity index (χ1v) is 12.6. The van der Waals surface area contributed by atoms with Gasteiger partial charge < -0.3 is 4.74 Å². The van der Waals surface area contributed by atoms with E-state index >= 15 is 0 Å². The summed E-state index contributed by atoms with van der Waals surface area (Å²) in [5.41, 5.74) is -0.486. The van der Waals surface area contributed by atoms with Crippen molar-refractivity contribution in [3.05, 3.63) is 0 Å². The Labute approximate surface area is 164 Å². The van der Waals surface area contributed by atoms with Crippen molar-refractivity contribution in [3.63, 3.8) is 0 Å². The van der Waals surface area contributed by atoms with Crippen LogP contribution in [0.4, 0.5) is 0 Å². The molecular formula is C19H30O3S3. The Morgan fingerprint density at radius 2 is 1.88 bits per heavy atom. The number of rotatable bonds is 2. The predicted octanol–water partition coefficient (Wildman–Crippen LogP) is 4.63. The van der Waals surface area contributed by atoms with Gasteiger partial charge in [-0.05, 0) is 59.1 Å². The molecule has 1 unspecified atom stereocenters. The summed E-state index contributed by atoms with van der Waals surface area (Å²) in [6.07, 6.45) is 6.82. The summed E-state index contributed by atoms with van der Waals surface area (Å²) < 4.78 is 6.18. The molecular weight excluding hydrogens is 372 g/mol. The van der Waals surface area contributed by atoms with E-state index in [1.54, 1.807) is 11.8 Å². The van der Waals surface area contributed by atoms with Gasteiger partial charge in [-0.3, -0.25) is 9.59 Å². The van der Waals surface area contributed by atoms with Crippen molar-refractivity contribution in [2.24, 2.45) is 17.3 Å². The molecule has 1 spiro atoms. The van der Waals surface area contributed by atoms with Gasteiger partial charge in [-0.2, -0.15) is 11.8 Å². The summed E-state index contributed by atoms with van der Waals surface area (Å²) in [4.78, 5) is 25.5. The van der Waals surface area contributed by atoms with Crippen molar-refractivity contribution >= 4 is 47.0 Å². The van der Waals surface area contributed by atoms with E-state index < -0.39 is 5.41 Å². The Bertz CT molecular complexity index is 522. The molecule has 1 saturated heterocycles. The number of hydrogen-bond donors (Lipinski definition) is 0. The van der Waals surface area contributed by atoms with E-state index in [9.17, 15) is 9.59 Å². The second kappa shape index (κ2) is 7.67. The van der Waals surface area contributed by atoms with Crippen LogP contribution < -0.4 is 0 Å². The minimum Gasteiger partial charge on any atom is -0.462 e. The molecule has 0 radical (unpaired) electrons. The zero-order valence-corrected chi connectivity index (χ0v) is 18.2. The van der Waals surface area contributed by atoms with Gasteiger partial charge in [0.15, 0.2) is 0 Å². The topological polar surface area (TPSA) is 43.4 Å². The standard InChI is InChI=1S/C19H30O3S3/c1-18(2,3)17(21)22-14-6-5-12-13(14)11-19(24-9-10-25-19)8-7-15(23-4)16(12)20/h12-15H,5-11H2,1-4H3/t12-,13-,14+,15?/m0/s1. The van der Waals surface area contributed by atoms with E-state index in [1.165, 1.54) is 11.5 Å². The van der Waals surface area contributed by atoms with E-state index in [-0.39, 0.29) is 33.2 Å². The fraction of sp³-hybridized carbons (Fsp3) is 0.895. The number of ether oxygens (including phenoxy) is 1. The van der Waals surface area contributed by atoms with Crippen LogP contribution in [0.5, 0.6) is 0 Å². The molecule has 4 atom stereocenters. The second-order valence-electron chi connectivity index (χ2n) is 8.52. The number of carbonyl (C=O) groups is 2. The maximum atomic E-state index is 13.1. The second-order valence-corrected chi connectivity index (χ2v) is 12.8. The lowest BCUT2D eigenvalue weighted by molar-refractivity contribution is -0.161. The van der Waals surface area contributed by atoms with Gasteiger partial charge in [-0.25, -0.2) is 0 Å². The van der Waals surface area contributed by atoms with Crippen molar-refractivity contribution in [2.75, 3.05) is 17.8 Å². The highest BCUT2D eigenvalue weighted by Gasteiger charge is 2.51. The lowest BCUT2D eigenvalue weighted by atomic mass is 9.81. The summed E-state index contributed by atoms with van der Waals surface area (Å²) in [5, 5.41) is 0.114. The molecule has 6 heteroatoms. The number of Topliss-reactive ketones (excluding diaryl/α,β-unsaturated/α-hetero) is 1. The highest BCUT2D eigenvalue weighted by molar-refractivity contribution is 8.21. The summed E-state index contributed by atoms with van der Waals surface area (Å²) in [7, 11) is 0. The van der Waals surface area contributed by atoms with Gasteiger partial charge in [0.2, 0.25) is 0 Å². The van der Waals surface area contributed by atoms with Gasteiger partial charge in [-0.1, -0.05) is 0 Å². The predicted molar refractivity (Wildman–Crippen MR) is 109 cm³/mol. The van der Waals surface area contributed by atoms with Gasteiger partial charge in [-0.15, -0.1) is 23.5 Å². The van der Waals surface area contributed by atoms with Gasteiger partial charge in [0.1, 0.15) is 11.9 Å². The molecule has 0 aromatic rings. The van der Waals surface area contributed by atoms with E-state index in [2.05, 4.69) is 29.8 Å². The first-order valence-electron chi connectivity index (χ1n) is 9.31. The van der Waals surface area contributed by atoms with Gasteiger partial charge in [0.05, 0.1) is 14.7 Å². The lowest BCUT2D eigenvalue weighted by Crippen LogP contribution is -2.41. The third kappa shape index (κ3) is 4.21. The van der Waals surface area contributed by atoms with Crippen molar-refractivity contribution in [1.29, 1.82) is 0 Å². The molecule has 0 N–H and O–H groups in total. The number of ketones is 1. The average molecular weight is 403 g/mol. The molecule has 3 rings (SSSR count). The highest BCUT2D eigenvalue weighted by Crippen LogP contribution is 2.56. The van der Waals surface area contributed by atoms with Crippen LogP contribution in [0, 0.1) is 17.3 Å². The molecule has 3 fully saturated rings. The summed E-state index contributed by atoms with van der Waals surface area (Å²) in [6, 6.07) is 0. The van der Waals surface area contributed by atoms with Crippen LogP contribution in [0.25, 0.3) is 0 Å². The molecule has 0 bridgehead atoms. The third-order valence-electron chi connectivity index (χ3n) is 5.74. The van der Waals surface area contributed by atoms with Crippen LogP contribution in [-0.2, 0) is 14.3 Å². The van der Waals surface area contributed by atoms with Gasteiger partial charge in [0, 0.05) is 23.3 Å². The van der Waals surface area contributed by atoms with Crippen LogP contribution >= 0.6 is 35.3 Å². The molecule has 3 nitrogen and oxygen atoms in total. The van der Waals surface area contributed by atoms with Crippen molar-refractivity contribution < 1.29 is 14.3 Å². The largest absolute Gasteiger partial charge is 0.462 e. The molecule has 0 aromatic carbocycles. The van der Waals surface area contributed by atoms with Crippen molar-refractivity contribution in [1.82, 2.24) is 0 Å².